The summed E-state index contributed by atoms with van der Waals surface area (Å²) >= 11 is 0. The minimum atomic E-state index is -0.0637. The van der Waals surface area contributed by atoms with Crippen molar-refractivity contribution < 1.29 is 4.79 Å². The summed E-state index contributed by atoms with van der Waals surface area (Å²) in [7, 11) is 0. The average Bonchev–Trinajstić information content (AvgIpc) is 2.22. The van der Waals surface area contributed by atoms with Gasteiger partial charge in [-0.25, -0.2) is 0 Å². The van der Waals surface area contributed by atoms with Crippen LogP contribution in [0.4, 0.5) is 5.69 Å². The Hall–Kier alpha value is -1.68. The van der Waals surface area contributed by atoms with Gasteiger partial charge in [0.15, 0.2) is 0 Å². The van der Waals surface area contributed by atoms with E-state index in [2.05, 4.69) is 22.2 Å². The zero-order valence-electron chi connectivity index (χ0n) is 8.79. The van der Waals surface area contributed by atoms with Crippen LogP contribution in [-0.2, 0) is 4.79 Å². The van der Waals surface area contributed by atoms with Crippen molar-refractivity contribution in [3.05, 3.63) is 36.7 Å². The first-order valence-electron chi connectivity index (χ1n) is 4.76. The van der Waals surface area contributed by atoms with Crippen LogP contribution in [0.5, 0.6) is 0 Å². The van der Waals surface area contributed by atoms with Crippen molar-refractivity contribution in [2.45, 2.75) is 6.92 Å². The molecule has 4 heteroatoms. The van der Waals surface area contributed by atoms with Crippen molar-refractivity contribution in [3.8, 4) is 0 Å². The van der Waals surface area contributed by atoms with E-state index in [0.29, 0.717) is 6.54 Å². The monoisotopic (exact) mass is 205 g/mol. The molecule has 0 aromatic carbocycles. The normalized spacial score (nSPS) is 9.67. The van der Waals surface area contributed by atoms with Crippen LogP contribution in [0, 0.1) is 6.92 Å². The van der Waals surface area contributed by atoms with Crippen molar-refractivity contribution >= 4 is 11.6 Å². The number of carbonyl (C=O) groups is 1. The van der Waals surface area contributed by atoms with Crippen LogP contribution in [0.1, 0.15) is 5.56 Å². The molecule has 0 aliphatic heterocycles. The van der Waals surface area contributed by atoms with E-state index in [4.69, 9.17) is 0 Å². The van der Waals surface area contributed by atoms with Gasteiger partial charge in [0.05, 0.1) is 6.54 Å². The molecule has 0 saturated carbocycles. The Morgan fingerprint density at radius 1 is 1.67 bits per heavy atom. The molecule has 1 aromatic rings. The standard InChI is InChI=1S/C11H15N3O/c1-3-5-12-8-11(15)14-10-4-6-13-7-9(10)2/h3-4,6-7,12H,1,5,8H2,2H3,(H,13,14,15). The first-order valence-corrected chi connectivity index (χ1v) is 4.76. The van der Waals surface area contributed by atoms with Gasteiger partial charge in [-0.05, 0) is 18.6 Å². The SMILES string of the molecule is C=CCNCC(=O)Nc1ccncc1C. The average molecular weight is 205 g/mol. The van der Waals surface area contributed by atoms with Crippen molar-refractivity contribution in [2.24, 2.45) is 0 Å². The highest BCUT2D eigenvalue weighted by molar-refractivity contribution is 5.92. The van der Waals surface area contributed by atoms with Crippen LogP contribution in [0.15, 0.2) is 31.1 Å². The largest absolute Gasteiger partial charge is 0.325 e. The third-order valence-corrected chi connectivity index (χ3v) is 1.87. The van der Waals surface area contributed by atoms with Crippen LogP contribution in [0.2, 0.25) is 0 Å². The van der Waals surface area contributed by atoms with E-state index in [0.717, 1.165) is 11.3 Å². The van der Waals surface area contributed by atoms with E-state index in [1.165, 1.54) is 0 Å². The van der Waals surface area contributed by atoms with Gasteiger partial charge in [0.1, 0.15) is 0 Å². The second kappa shape index (κ2) is 5.93. The molecule has 0 spiro atoms. The van der Waals surface area contributed by atoms with Crippen LogP contribution in [0.3, 0.4) is 0 Å². The molecule has 15 heavy (non-hydrogen) atoms. The molecule has 4 nitrogen and oxygen atoms in total. The summed E-state index contributed by atoms with van der Waals surface area (Å²) in [4.78, 5) is 15.4. The Bertz CT molecular complexity index is 349. The lowest BCUT2D eigenvalue weighted by Gasteiger charge is -2.07. The van der Waals surface area contributed by atoms with E-state index < -0.39 is 0 Å². The number of rotatable bonds is 5. The highest BCUT2D eigenvalue weighted by Gasteiger charge is 2.02. The molecule has 0 saturated heterocycles. The minimum Gasteiger partial charge on any atom is -0.325 e. The van der Waals surface area contributed by atoms with E-state index in [1.54, 1.807) is 24.5 Å². The Morgan fingerprint density at radius 2 is 2.47 bits per heavy atom. The van der Waals surface area contributed by atoms with Gasteiger partial charge >= 0.3 is 0 Å². The Kier molecular flexibility index (Phi) is 4.50. The van der Waals surface area contributed by atoms with E-state index in [1.807, 2.05) is 6.92 Å². The number of hydrogen-bond donors (Lipinski definition) is 2. The molecular weight excluding hydrogens is 190 g/mol. The second-order valence-electron chi connectivity index (χ2n) is 3.16. The van der Waals surface area contributed by atoms with Crippen LogP contribution in [-0.4, -0.2) is 24.0 Å². The Balaban J connectivity index is 2.44. The number of aromatic nitrogens is 1. The molecular formula is C11H15N3O. The first-order chi connectivity index (χ1) is 7.24. The molecule has 1 heterocycles. The number of anilines is 1. The minimum absolute atomic E-state index is 0.0637. The third-order valence-electron chi connectivity index (χ3n) is 1.87. The third kappa shape index (κ3) is 3.91. The molecule has 1 aromatic heterocycles. The van der Waals surface area contributed by atoms with Crippen molar-refractivity contribution in [3.63, 3.8) is 0 Å². The van der Waals surface area contributed by atoms with Gasteiger partial charge in [-0.1, -0.05) is 6.08 Å². The van der Waals surface area contributed by atoms with Gasteiger partial charge in [0.25, 0.3) is 0 Å². The topological polar surface area (TPSA) is 54.0 Å². The molecule has 0 radical (unpaired) electrons. The quantitative estimate of drug-likeness (QED) is 0.559. The fourth-order valence-electron chi connectivity index (χ4n) is 1.10. The van der Waals surface area contributed by atoms with Crippen molar-refractivity contribution in [1.82, 2.24) is 10.3 Å². The maximum atomic E-state index is 11.4. The fourth-order valence-corrected chi connectivity index (χ4v) is 1.10. The maximum absolute atomic E-state index is 11.4. The summed E-state index contributed by atoms with van der Waals surface area (Å²) in [5.41, 5.74) is 1.75. The summed E-state index contributed by atoms with van der Waals surface area (Å²) < 4.78 is 0. The predicted octanol–water partition coefficient (Wildman–Crippen LogP) is 1.10. The van der Waals surface area contributed by atoms with Crippen LogP contribution < -0.4 is 10.6 Å². The van der Waals surface area contributed by atoms with Crippen LogP contribution in [0.25, 0.3) is 0 Å². The molecule has 80 valence electrons. The van der Waals surface area contributed by atoms with E-state index >= 15 is 0 Å². The second-order valence-corrected chi connectivity index (χ2v) is 3.16. The zero-order valence-corrected chi connectivity index (χ0v) is 8.79. The fraction of sp³-hybridized carbons (Fsp3) is 0.273. The van der Waals surface area contributed by atoms with Gasteiger partial charge in [0.2, 0.25) is 5.91 Å². The van der Waals surface area contributed by atoms with Gasteiger partial charge in [-0.2, -0.15) is 0 Å². The number of hydrogen-bond acceptors (Lipinski definition) is 3. The molecule has 0 bridgehead atoms. The number of carbonyl (C=O) groups excluding carboxylic acids is 1. The molecule has 0 aliphatic rings. The lowest BCUT2D eigenvalue weighted by molar-refractivity contribution is -0.115. The first kappa shape index (κ1) is 11.4. The molecule has 2 N–H and O–H groups in total. The summed E-state index contributed by atoms with van der Waals surface area (Å²) in [5, 5.41) is 5.72. The Labute approximate surface area is 89.4 Å². The number of nitrogens with one attached hydrogen (secondary N) is 2. The summed E-state index contributed by atoms with van der Waals surface area (Å²) in [6, 6.07) is 1.78. The van der Waals surface area contributed by atoms with E-state index in [9.17, 15) is 4.79 Å². The Morgan fingerprint density at radius 3 is 3.13 bits per heavy atom. The van der Waals surface area contributed by atoms with Gasteiger partial charge in [-0.15, -0.1) is 6.58 Å². The van der Waals surface area contributed by atoms with Crippen LogP contribution >= 0.6 is 0 Å². The summed E-state index contributed by atoms with van der Waals surface area (Å²) in [5.74, 6) is -0.0637. The van der Waals surface area contributed by atoms with Gasteiger partial charge < -0.3 is 10.6 Å². The smallest absolute Gasteiger partial charge is 0.238 e. The molecule has 0 aliphatic carbocycles. The summed E-state index contributed by atoms with van der Waals surface area (Å²) in [6.45, 7) is 6.37. The lowest BCUT2D eigenvalue weighted by atomic mass is 10.2. The number of pyridine rings is 1. The molecule has 0 fully saturated rings. The number of amides is 1. The number of nitrogens with zero attached hydrogens (tertiary/aromatic N) is 1. The molecule has 0 atom stereocenters. The van der Waals surface area contributed by atoms with Gasteiger partial charge in [-0.3, -0.25) is 9.78 Å². The van der Waals surface area contributed by atoms with Gasteiger partial charge in [0, 0.05) is 24.6 Å². The van der Waals surface area contributed by atoms with E-state index in [-0.39, 0.29) is 12.5 Å². The molecule has 1 rings (SSSR count). The summed E-state index contributed by atoms with van der Waals surface area (Å²) in [6.07, 6.45) is 5.08. The number of aryl methyl sites for hydroxylation is 1. The highest BCUT2D eigenvalue weighted by Crippen LogP contribution is 2.10. The maximum Gasteiger partial charge on any atom is 0.238 e. The van der Waals surface area contributed by atoms with Crippen molar-refractivity contribution in [2.75, 3.05) is 18.4 Å². The molecule has 0 unspecified atom stereocenters. The lowest BCUT2D eigenvalue weighted by Crippen LogP contribution is -2.28. The molecule has 1 amide bonds. The highest BCUT2D eigenvalue weighted by atomic mass is 16.1. The van der Waals surface area contributed by atoms with Crippen molar-refractivity contribution in [1.29, 1.82) is 0 Å². The zero-order chi connectivity index (χ0) is 11.1. The predicted molar refractivity (Wildman–Crippen MR) is 60.7 cm³/mol.